The van der Waals surface area contributed by atoms with Crippen LogP contribution >= 0.6 is 0 Å². The second-order valence-electron chi connectivity index (χ2n) is 4.88. The second kappa shape index (κ2) is 7.26. The highest BCUT2D eigenvalue weighted by Gasteiger charge is 2.13. The summed E-state index contributed by atoms with van der Waals surface area (Å²) in [6.45, 7) is 6.25. The van der Waals surface area contributed by atoms with E-state index in [1.54, 1.807) is 0 Å². The van der Waals surface area contributed by atoms with Crippen molar-refractivity contribution in [1.29, 1.82) is 0 Å². The molecule has 0 amide bonds. The van der Waals surface area contributed by atoms with Gasteiger partial charge in [0.2, 0.25) is 0 Å². The zero-order valence-electron chi connectivity index (χ0n) is 12.8. The lowest BCUT2D eigenvalue weighted by atomic mass is 10.0. The molecule has 5 heteroatoms. The lowest BCUT2D eigenvalue weighted by Crippen LogP contribution is -2.06. The van der Waals surface area contributed by atoms with Crippen LogP contribution in [-0.4, -0.2) is 22.2 Å². The Morgan fingerprint density at radius 3 is 1.64 bits per heavy atom. The standard InChI is InChI=1S/C9H13N.C8H6O4/c1-6-4-5-9(10)8(3)7(6)2;9-7(10)5-3-1-2-4-6(5)8(11)12/h4-5H,10H2,1-3H3;1-4H,(H,9,10)(H,11,12). The molecule has 4 N–H and O–H groups in total. The highest BCUT2D eigenvalue weighted by Crippen LogP contribution is 2.17. The van der Waals surface area contributed by atoms with Crippen molar-refractivity contribution in [3.05, 3.63) is 64.2 Å². The van der Waals surface area contributed by atoms with Crippen molar-refractivity contribution in [2.75, 3.05) is 5.73 Å². The highest BCUT2D eigenvalue weighted by atomic mass is 16.4. The third-order valence-corrected chi connectivity index (χ3v) is 3.49. The molecule has 0 spiro atoms. The van der Waals surface area contributed by atoms with Gasteiger partial charge in [-0.25, -0.2) is 9.59 Å². The fourth-order valence-corrected chi connectivity index (χ4v) is 1.83. The van der Waals surface area contributed by atoms with Gasteiger partial charge in [-0.3, -0.25) is 0 Å². The Balaban J connectivity index is 0.000000224. The van der Waals surface area contributed by atoms with E-state index in [0.29, 0.717) is 0 Å². The van der Waals surface area contributed by atoms with Crippen LogP contribution in [0.15, 0.2) is 36.4 Å². The smallest absolute Gasteiger partial charge is 0.336 e. The number of aryl methyl sites for hydroxylation is 1. The number of nitrogen functional groups attached to an aromatic ring is 1. The van der Waals surface area contributed by atoms with Crippen LogP contribution in [0, 0.1) is 20.8 Å². The molecule has 0 aromatic heterocycles. The number of rotatable bonds is 2. The van der Waals surface area contributed by atoms with E-state index in [-0.39, 0.29) is 11.1 Å². The molecule has 2 rings (SSSR count). The SMILES string of the molecule is Cc1ccc(N)c(C)c1C.O=C(O)c1ccccc1C(=O)O. The van der Waals surface area contributed by atoms with E-state index < -0.39 is 11.9 Å². The maximum atomic E-state index is 10.5. The normalized spacial score (nSPS) is 9.59. The van der Waals surface area contributed by atoms with Crippen molar-refractivity contribution < 1.29 is 19.8 Å². The van der Waals surface area contributed by atoms with Crippen molar-refractivity contribution in [3.63, 3.8) is 0 Å². The van der Waals surface area contributed by atoms with Gasteiger partial charge < -0.3 is 15.9 Å². The molecule has 22 heavy (non-hydrogen) atoms. The van der Waals surface area contributed by atoms with Gasteiger partial charge >= 0.3 is 11.9 Å². The van der Waals surface area contributed by atoms with Crippen molar-refractivity contribution in [3.8, 4) is 0 Å². The van der Waals surface area contributed by atoms with E-state index in [9.17, 15) is 9.59 Å². The topological polar surface area (TPSA) is 101 Å². The summed E-state index contributed by atoms with van der Waals surface area (Å²) < 4.78 is 0. The quantitative estimate of drug-likeness (QED) is 0.739. The molecule has 0 atom stereocenters. The average molecular weight is 301 g/mol. The summed E-state index contributed by atoms with van der Waals surface area (Å²) in [4.78, 5) is 20.9. The van der Waals surface area contributed by atoms with Crippen LogP contribution in [0.3, 0.4) is 0 Å². The summed E-state index contributed by atoms with van der Waals surface area (Å²) >= 11 is 0. The van der Waals surface area contributed by atoms with Crippen LogP contribution in [0.25, 0.3) is 0 Å². The average Bonchev–Trinajstić information content (AvgIpc) is 2.49. The molecule has 116 valence electrons. The number of carbonyl (C=O) groups is 2. The van der Waals surface area contributed by atoms with E-state index in [0.717, 1.165) is 5.69 Å². The van der Waals surface area contributed by atoms with Gasteiger partial charge in [-0.05, 0) is 55.7 Å². The molecule has 0 bridgehead atoms. The van der Waals surface area contributed by atoms with Gasteiger partial charge in [-0.1, -0.05) is 18.2 Å². The first kappa shape index (κ1) is 17.2. The summed E-state index contributed by atoms with van der Waals surface area (Å²) in [5, 5.41) is 17.1. The molecule has 0 heterocycles. The predicted molar refractivity (Wildman–Crippen MR) is 85.4 cm³/mol. The van der Waals surface area contributed by atoms with Crippen molar-refractivity contribution >= 4 is 17.6 Å². The minimum Gasteiger partial charge on any atom is -0.478 e. The van der Waals surface area contributed by atoms with Gasteiger partial charge in [0.05, 0.1) is 11.1 Å². The molecular formula is C17H19NO4. The first-order valence-electron chi connectivity index (χ1n) is 6.63. The third-order valence-electron chi connectivity index (χ3n) is 3.49. The van der Waals surface area contributed by atoms with Gasteiger partial charge in [-0.2, -0.15) is 0 Å². The molecule has 0 fully saturated rings. The Kier molecular flexibility index (Phi) is 5.69. The van der Waals surface area contributed by atoms with E-state index in [4.69, 9.17) is 15.9 Å². The zero-order valence-corrected chi connectivity index (χ0v) is 12.8. The Labute approximate surface area is 129 Å². The molecule has 0 radical (unpaired) electrons. The Bertz CT molecular complexity index is 648. The van der Waals surface area contributed by atoms with Crippen LogP contribution in [0.2, 0.25) is 0 Å². The van der Waals surface area contributed by atoms with Crippen LogP contribution in [-0.2, 0) is 0 Å². The van der Waals surface area contributed by atoms with Gasteiger partial charge in [0.25, 0.3) is 0 Å². The number of anilines is 1. The molecular weight excluding hydrogens is 282 g/mol. The third kappa shape index (κ3) is 4.09. The van der Waals surface area contributed by atoms with Crippen LogP contribution in [0.1, 0.15) is 37.4 Å². The fourth-order valence-electron chi connectivity index (χ4n) is 1.83. The van der Waals surface area contributed by atoms with Crippen LogP contribution in [0.4, 0.5) is 5.69 Å². The number of benzene rings is 2. The minimum atomic E-state index is -1.23. The van der Waals surface area contributed by atoms with Crippen molar-refractivity contribution in [2.45, 2.75) is 20.8 Å². The van der Waals surface area contributed by atoms with Gasteiger partial charge in [0.1, 0.15) is 0 Å². The zero-order chi connectivity index (χ0) is 16.9. The Morgan fingerprint density at radius 1 is 0.818 bits per heavy atom. The second-order valence-corrected chi connectivity index (χ2v) is 4.88. The summed E-state index contributed by atoms with van der Waals surface area (Å²) in [5.74, 6) is -2.46. The summed E-state index contributed by atoms with van der Waals surface area (Å²) in [7, 11) is 0. The molecule has 0 unspecified atom stereocenters. The molecule has 2 aromatic rings. The summed E-state index contributed by atoms with van der Waals surface area (Å²) in [5.41, 5.74) is 10.0. The van der Waals surface area contributed by atoms with Gasteiger partial charge in [-0.15, -0.1) is 0 Å². The molecule has 0 aliphatic carbocycles. The lowest BCUT2D eigenvalue weighted by molar-refractivity contribution is 0.0651. The maximum absolute atomic E-state index is 10.5. The molecule has 2 aromatic carbocycles. The highest BCUT2D eigenvalue weighted by molar-refractivity contribution is 6.01. The number of nitrogens with two attached hydrogens (primary N) is 1. The Morgan fingerprint density at radius 2 is 1.27 bits per heavy atom. The number of carboxylic acids is 2. The monoisotopic (exact) mass is 301 g/mol. The minimum absolute atomic E-state index is 0.190. The lowest BCUT2D eigenvalue weighted by Gasteiger charge is -2.05. The van der Waals surface area contributed by atoms with E-state index in [1.807, 2.05) is 6.07 Å². The number of hydrogen-bond donors (Lipinski definition) is 3. The van der Waals surface area contributed by atoms with E-state index >= 15 is 0 Å². The van der Waals surface area contributed by atoms with E-state index in [1.165, 1.54) is 41.0 Å². The first-order valence-corrected chi connectivity index (χ1v) is 6.63. The molecule has 0 aliphatic rings. The molecule has 0 saturated heterocycles. The molecule has 5 nitrogen and oxygen atoms in total. The number of aromatic carboxylic acids is 2. The summed E-state index contributed by atoms with van der Waals surface area (Å²) in [6, 6.07) is 9.48. The molecule has 0 saturated carbocycles. The van der Waals surface area contributed by atoms with Gasteiger partial charge in [0, 0.05) is 5.69 Å². The molecule has 0 aliphatic heterocycles. The van der Waals surface area contributed by atoms with E-state index in [2.05, 4.69) is 26.8 Å². The van der Waals surface area contributed by atoms with Crippen molar-refractivity contribution in [1.82, 2.24) is 0 Å². The van der Waals surface area contributed by atoms with Crippen molar-refractivity contribution in [2.24, 2.45) is 0 Å². The fraction of sp³-hybridized carbons (Fsp3) is 0.176. The Hall–Kier alpha value is -2.82. The number of hydrogen-bond acceptors (Lipinski definition) is 3. The predicted octanol–water partition coefficient (Wildman–Crippen LogP) is 3.28. The largest absolute Gasteiger partial charge is 0.478 e. The van der Waals surface area contributed by atoms with Gasteiger partial charge in [0.15, 0.2) is 0 Å². The van der Waals surface area contributed by atoms with Crippen LogP contribution < -0.4 is 5.73 Å². The first-order chi connectivity index (χ1) is 10.3. The van der Waals surface area contributed by atoms with Crippen LogP contribution in [0.5, 0.6) is 0 Å². The summed E-state index contributed by atoms with van der Waals surface area (Å²) in [6.07, 6.45) is 0. The number of carboxylic acid groups (broad SMARTS) is 2. The maximum Gasteiger partial charge on any atom is 0.336 e.